The van der Waals surface area contributed by atoms with Crippen LogP contribution >= 0.6 is 0 Å². The van der Waals surface area contributed by atoms with Crippen LogP contribution in [0.15, 0.2) is 18.2 Å². The molecule has 0 amide bonds. The Morgan fingerprint density at radius 3 is 2.86 bits per heavy atom. The van der Waals surface area contributed by atoms with Crippen molar-refractivity contribution in [2.75, 3.05) is 7.11 Å². The highest BCUT2D eigenvalue weighted by molar-refractivity contribution is 5.40. The summed E-state index contributed by atoms with van der Waals surface area (Å²) in [7, 11) is 1.75. The van der Waals surface area contributed by atoms with E-state index >= 15 is 0 Å². The summed E-state index contributed by atoms with van der Waals surface area (Å²) in [5.41, 5.74) is 3.25. The van der Waals surface area contributed by atoms with Crippen LogP contribution in [0.5, 0.6) is 5.75 Å². The Morgan fingerprint density at radius 2 is 2.05 bits per heavy atom. The lowest BCUT2D eigenvalue weighted by Crippen LogP contribution is -2.43. The maximum absolute atomic E-state index is 10.4. The van der Waals surface area contributed by atoms with Gasteiger partial charge in [-0.05, 0) is 85.0 Å². The van der Waals surface area contributed by atoms with Crippen molar-refractivity contribution in [1.82, 2.24) is 0 Å². The lowest BCUT2D eigenvalue weighted by molar-refractivity contribution is -0.0226. The van der Waals surface area contributed by atoms with Gasteiger partial charge in [0.15, 0.2) is 0 Å². The van der Waals surface area contributed by atoms with Gasteiger partial charge in [0.2, 0.25) is 0 Å². The number of benzene rings is 1. The first kappa shape index (κ1) is 13.6. The maximum Gasteiger partial charge on any atom is 0.119 e. The first-order chi connectivity index (χ1) is 10.1. The van der Waals surface area contributed by atoms with Crippen molar-refractivity contribution in [1.29, 1.82) is 0 Å². The Bertz CT molecular complexity index is 552. The molecule has 0 saturated heterocycles. The molecule has 4 rings (SSSR count). The number of rotatable bonds is 1. The summed E-state index contributed by atoms with van der Waals surface area (Å²) in [4.78, 5) is 0. The molecule has 3 aliphatic carbocycles. The molecule has 1 aromatic rings. The summed E-state index contributed by atoms with van der Waals surface area (Å²) in [5, 5.41) is 10.4. The Hall–Kier alpha value is -1.02. The van der Waals surface area contributed by atoms with Crippen LogP contribution in [0.3, 0.4) is 0 Å². The fraction of sp³-hybridized carbons (Fsp3) is 0.684. The number of hydrogen-bond acceptors (Lipinski definition) is 2. The molecular weight excluding hydrogens is 260 g/mol. The zero-order valence-corrected chi connectivity index (χ0v) is 13.1. The molecule has 0 aliphatic heterocycles. The van der Waals surface area contributed by atoms with Crippen LogP contribution in [0.2, 0.25) is 0 Å². The Balaban J connectivity index is 1.68. The summed E-state index contributed by atoms with van der Waals surface area (Å²) in [5.74, 6) is 3.20. The van der Waals surface area contributed by atoms with Crippen LogP contribution in [-0.2, 0) is 6.42 Å². The number of methoxy groups -OCH3 is 1. The topological polar surface area (TPSA) is 29.5 Å². The highest BCUT2D eigenvalue weighted by Gasteiger charge is 2.54. The third-order valence-electron chi connectivity index (χ3n) is 6.88. The van der Waals surface area contributed by atoms with Gasteiger partial charge in [0.05, 0.1) is 13.2 Å². The quantitative estimate of drug-likeness (QED) is 0.848. The van der Waals surface area contributed by atoms with Crippen LogP contribution in [0, 0.1) is 17.3 Å². The van der Waals surface area contributed by atoms with Gasteiger partial charge in [0, 0.05) is 0 Å². The fourth-order valence-corrected chi connectivity index (χ4v) is 5.66. The number of aryl methyl sites for hydroxylation is 1. The van der Waals surface area contributed by atoms with Crippen molar-refractivity contribution in [3.8, 4) is 5.75 Å². The van der Waals surface area contributed by atoms with E-state index in [9.17, 15) is 5.11 Å². The minimum absolute atomic E-state index is 0.0688. The molecule has 2 saturated carbocycles. The van der Waals surface area contributed by atoms with Gasteiger partial charge < -0.3 is 9.84 Å². The number of ether oxygens (including phenoxy) is 1. The summed E-state index contributed by atoms with van der Waals surface area (Å²) in [6, 6.07) is 6.67. The van der Waals surface area contributed by atoms with Gasteiger partial charge in [0.25, 0.3) is 0 Å². The second-order valence-electron chi connectivity index (χ2n) is 7.62. The van der Waals surface area contributed by atoms with Gasteiger partial charge in [-0.2, -0.15) is 0 Å². The molecule has 21 heavy (non-hydrogen) atoms. The van der Waals surface area contributed by atoms with Crippen molar-refractivity contribution in [3.05, 3.63) is 29.3 Å². The van der Waals surface area contributed by atoms with E-state index in [-0.39, 0.29) is 11.5 Å². The van der Waals surface area contributed by atoms with Gasteiger partial charge >= 0.3 is 0 Å². The van der Waals surface area contributed by atoms with Crippen molar-refractivity contribution in [3.63, 3.8) is 0 Å². The van der Waals surface area contributed by atoms with Crippen LogP contribution in [-0.4, -0.2) is 18.3 Å². The maximum atomic E-state index is 10.4. The lowest BCUT2D eigenvalue weighted by atomic mass is 9.55. The Morgan fingerprint density at radius 1 is 1.19 bits per heavy atom. The van der Waals surface area contributed by atoms with E-state index in [2.05, 4.69) is 25.1 Å². The minimum atomic E-state index is -0.0688. The zero-order valence-electron chi connectivity index (χ0n) is 13.1. The molecule has 114 valence electrons. The van der Waals surface area contributed by atoms with E-state index in [0.717, 1.165) is 24.0 Å². The van der Waals surface area contributed by atoms with E-state index < -0.39 is 0 Å². The first-order valence-electron chi connectivity index (χ1n) is 8.48. The van der Waals surface area contributed by atoms with E-state index in [1.807, 2.05) is 0 Å². The molecule has 0 heterocycles. The number of aliphatic hydroxyl groups is 1. The average molecular weight is 286 g/mol. The van der Waals surface area contributed by atoms with Gasteiger partial charge in [-0.25, -0.2) is 0 Å². The highest BCUT2D eigenvalue weighted by atomic mass is 16.5. The van der Waals surface area contributed by atoms with Gasteiger partial charge in [-0.15, -0.1) is 0 Å². The zero-order chi connectivity index (χ0) is 14.6. The van der Waals surface area contributed by atoms with Crippen LogP contribution in [0.4, 0.5) is 0 Å². The molecule has 0 radical (unpaired) electrons. The molecule has 2 nitrogen and oxygen atoms in total. The van der Waals surface area contributed by atoms with E-state index in [0.29, 0.717) is 5.92 Å². The molecule has 2 heteroatoms. The predicted molar refractivity (Wildman–Crippen MR) is 83.6 cm³/mol. The Kier molecular flexibility index (Phi) is 3.08. The van der Waals surface area contributed by atoms with E-state index in [4.69, 9.17) is 4.74 Å². The normalized spacial score (nSPS) is 41.1. The van der Waals surface area contributed by atoms with Crippen LogP contribution in [0.1, 0.15) is 56.1 Å². The van der Waals surface area contributed by atoms with Crippen molar-refractivity contribution >= 4 is 0 Å². The molecule has 2 unspecified atom stereocenters. The fourth-order valence-electron chi connectivity index (χ4n) is 5.66. The lowest BCUT2D eigenvalue weighted by Gasteiger charge is -2.50. The third kappa shape index (κ3) is 1.88. The van der Waals surface area contributed by atoms with Crippen LogP contribution in [0.25, 0.3) is 0 Å². The molecule has 0 spiro atoms. The summed E-state index contributed by atoms with van der Waals surface area (Å²) in [6.45, 7) is 2.34. The smallest absolute Gasteiger partial charge is 0.119 e. The first-order valence-corrected chi connectivity index (χ1v) is 8.48. The standard InChI is InChI=1S/C19H26O2/c1-19-10-9-15-14-6-4-13(21-2)11-12(14)3-5-16(15)17(19)7-8-18(19)20/h4,6,11,15-18,20H,3,5,7-10H2,1-2H3/t15?,16-,17?,18+,19+/m1/s1. The van der Waals surface area contributed by atoms with Gasteiger partial charge in [-0.3, -0.25) is 0 Å². The minimum Gasteiger partial charge on any atom is -0.497 e. The largest absolute Gasteiger partial charge is 0.497 e. The van der Waals surface area contributed by atoms with Crippen LogP contribution < -0.4 is 4.74 Å². The highest BCUT2D eigenvalue weighted by Crippen LogP contribution is 2.60. The monoisotopic (exact) mass is 286 g/mol. The van der Waals surface area contributed by atoms with E-state index in [1.54, 1.807) is 12.7 Å². The molecule has 1 aromatic carbocycles. The SMILES string of the molecule is COc1ccc2c(c1)CC[C@@H]1C2CC[C@@]2(C)C1CC[C@@H]2O. The molecular formula is C19H26O2. The molecule has 0 bridgehead atoms. The van der Waals surface area contributed by atoms with Crippen molar-refractivity contribution in [2.24, 2.45) is 17.3 Å². The predicted octanol–water partition coefficient (Wildman–Crippen LogP) is 3.91. The molecule has 0 aromatic heterocycles. The number of aliphatic hydroxyl groups excluding tert-OH is 1. The second-order valence-corrected chi connectivity index (χ2v) is 7.62. The molecule has 1 N–H and O–H groups in total. The molecule has 2 fully saturated rings. The van der Waals surface area contributed by atoms with E-state index in [1.165, 1.54) is 37.7 Å². The van der Waals surface area contributed by atoms with Gasteiger partial charge in [0.1, 0.15) is 5.75 Å². The summed E-state index contributed by atoms with van der Waals surface area (Å²) >= 11 is 0. The average Bonchev–Trinajstić information content (AvgIpc) is 2.82. The van der Waals surface area contributed by atoms with Crippen molar-refractivity contribution in [2.45, 2.75) is 57.5 Å². The number of fused-ring (bicyclic) bond motifs is 5. The second kappa shape index (κ2) is 4.74. The molecule has 3 aliphatic rings. The summed E-state index contributed by atoms with van der Waals surface area (Å²) < 4.78 is 5.38. The number of hydrogen-bond donors (Lipinski definition) is 1. The summed E-state index contributed by atoms with van der Waals surface area (Å²) in [6.07, 6.45) is 7.07. The third-order valence-corrected chi connectivity index (χ3v) is 6.88. The Labute approximate surface area is 127 Å². The molecule has 5 atom stereocenters. The van der Waals surface area contributed by atoms with Crippen molar-refractivity contribution < 1.29 is 9.84 Å². The van der Waals surface area contributed by atoms with Gasteiger partial charge in [-0.1, -0.05) is 13.0 Å².